The van der Waals surface area contributed by atoms with E-state index in [-0.39, 0.29) is 28.1 Å². The Labute approximate surface area is 223 Å². The van der Waals surface area contributed by atoms with Gasteiger partial charge in [0.25, 0.3) is 0 Å². The molecule has 2 heterocycles. The first-order valence-corrected chi connectivity index (χ1v) is 13.1. The molecule has 0 bridgehead atoms. The van der Waals surface area contributed by atoms with Crippen molar-refractivity contribution in [3.8, 4) is 0 Å². The summed E-state index contributed by atoms with van der Waals surface area (Å²) < 4.78 is 81.3. The molecule has 10 heteroatoms. The molecule has 0 amide bonds. The van der Waals surface area contributed by atoms with Crippen LogP contribution >= 0.6 is 23.2 Å². The third-order valence-corrected chi connectivity index (χ3v) is 8.18. The van der Waals surface area contributed by atoms with E-state index < -0.39 is 29.0 Å². The average Bonchev–Trinajstić information content (AvgIpc) is 2.83. The molecule has 0 N–H and O–H groups in total. The molecule has 1 radical (unpaired) electrons. The molecule has 1 unspecified atom stereocenters. The Morgan fingerprint density at radius 2 is 1.30 bits per heavy atom. The van der Waals surface area contributed by atoms with E-state index in [4.69, 9.17) is 23.2 Å². The molecule has 1 atom stereocenters. The van der Waals surface area contributed by atoms with Crippen LogP contribution in [0.15, 0.2) is 36.4 Å². The van der Waals surface area contributed by atoms with Crippen LogP contribution in [0.1, 0.15) is 54.4 Å². The van der Waals surface area contributed by atoms with E-state index in [0.29, 0.717) is 24.7 Å². The Balaban J connectivity index is 1.72. The van der Waals surface area contributed by atoms with Crippen LogP contribution < -0.4 is 0 Å². The van der Waals surface area contributed by atoms with Crippen molar-refractivity contribution >= 4 is 23.2 Å². The number of alkyl halides is 6. The first kappa shape index (κ1) is 28.5. The molecule has 2 saturated heterocycles. The van der Waals surface area contributed by atoms with Gasteiger partial charge in [0.2, 0.25) is 0 Å². The molecule has 203 valence electrons. The maximum absolute atomic E-state index is 13.6. The van der Waals surface area contributed by atoms with Gasteiger partial charge >= 0.3 is 12.4 Å². The lowest BCUT2D eigenvalue weighted by molar-refractivity contribution is -0.143. The average molecular weight is 566 g/mol. The van der Waals surface area contributed by atoms with Gasteiger partial charge in [-0.2, -0.15) is 26.3 Å². The molecule has 2 aliphatic rings. The monoisotopic (exact) mass is 565 g/mol. The van der Waals surface area contributed by atoms with Gasteiger partial charge in [-0.1, -0.05) is 35.7 Å². The zero-order chi connectivity index (χ0) is 27.0. The predicted molar refractivity (Wildman–Crippen MR) is 134 cm³/mol. The Hall–Kier alpha value is -1.48. The van der Waals surface area contributed by atoms with Crippen LogP contribution in [-0.4, -0.2) is 42.0 Å². The fraction of sp³-hybridized carbons (Fsp3) is 0.519. The number of likely N-dealkylation sites (tertiary alicyclic amines) is 2. The molecule has 0 spiro atoms. The largest absolute Gasteiger partial charge is 0.416 e. The molecule has 2 fully saturated rings. The first-order valence-electron chi connectivity index (χ1n) is 12.4. The van der Waals surface area contributed by atoms with Crippen molar-refractivity contribution in [1.82, 2.24) is 9.80 Å². The molecule has 2 aromatic carbocycles. The summed E-state index contributed by atoms with van der Waals surface area (Å²) in [6.07, 6.45) is -4.93. The van der Waals surface area contributed by atoms with Crippen molar-refractivity contribution in [1.29, 1.82) is 0 Å². The summed E-state index contributed by atoms with van der Waals surface area (Å²) >= 11 is 13.1. The summed E-state index contributed by atoms with van der Waals surface area (Å²) in [5.74, 6) is 0. The van der Waals surface area contributed by atoms with Gasteiger partial charge in [0.1, 0.15) is 0 Å². The second-order valence-electron chi connectivity index (χ2n) is 10.0. The molecule has 0 saturated carbocycles. The van der Waals surface area contributed by atoms with Crippen LogP contribution in [0.4, 0.5) is 26.3 Å². The van der Waals surface area contributed by atoms with Crippen LogP contribution in [-0.2, 0) is 24.3 Å². The minimum absolute atomic E-state index is 0.133. The molecule has 2 aliphatic heterocycles. The fourth-order valence-electron chi connectivity index (χ4n) is 5.70. The van der Waals surface area contributed by atoms with E-state index in [0.717, 1.165) is 50.9 Å². The number of hydrogen-bond acceptors (Lipinski definition) is 2. The van der Waals surface area contributed by atoms with Crippen molar-refractivity contribution in [2.75, 3.05) is 26.2 Å². The number of rotatable bonds is 5. The summed E-state index contributed by atoms with van der Waals surface area (Å²) in [5, 5.41) is 0.535. The van der Waals surface area contributed by atoms with Gasteiger partial charge in [-0.15, -0.1) is 0 Å². The SMILES string of the molecule is [CH2]C(Cc1cc(C(F)(F)F)cc(C(F)(F)F)c1)(c1c(Cl)cccc1Cl)N1CCC(N2CCCCC2)CC1. The second kappa shape index (κ2) is 10.9. The summed E-state index contributed by atoms with van der Waals surface area (Å²) in [7, 11) is 0. The third-order valence-electron chi connectivity index (χ3n) is 7.55. The Kier molecular flexibility index (Phi) is 8.44. The minimum Gasteiger partial charge on any atom is -0.300 e. The fourth-order valence-corrected chi connectivity index (χ4v) is 6.45. The summed E-state index contributed by atoms with van der Waals surface area (Å²) in [5.41, 5.74) is -3.70. The van der Waals surface area contributed by atoms with E-state index in [1.54, 1.807) is 18.2 Å². The summed E-state index contributed by atoms with van der Waals surface area (Å²) in [6, 6.07) is 6.91. The van der Waals surface area contributed by atoms with Crippen LogP contribution in [0.3, 0.4) is 0 Å². The van der Waals surface area contributed by atoms with Crippen LogP contribution in [0, 0.1) is 6.92 Å². The Morgan fingerprint density at radius 3 is 1.78 bits per heavy atom. The number of piperidine rings is 2. The van der Waals surface area contributed by atoms with Crippen LogP contribution in [0.5, 0.6) is 0 Å². The standard InChI is InChI=1S/C27H29Cl2F6N2/c1-25(24-22(28)6-5-7-23(24)29,37-12-8-21(9-13-37)36-10-3-2-4-11-36)17-18-14-19(26(30,31)32)16-20(15-18)27(33,34)35/h5-7,14-16,21H,1-4,8-13,17H2. The molecule has 0 aromatic heterocycles. The first-order chi connectivity index (χ1) is 17.3. The summed E-state index contributed by atoms with van der Waals surface area (Å²) in [6.45, 7) is 7.60. The highest BCUT2D eigenvalue weighted by atomic mass is 35.5. The normalized spacial score (nSPS) is 20.7. The third kappa shape index (κ3) is 6.40. The molecule has 2 nitrogen and oxygen atoms in total. The maximum atomic E-state index is 13.6. The van der Waals surface area contributed by atoms with E-state index in [2.05, 4.69) is 11.8 Å². The van der Waals surface area contributed by atoms with Gasteiger partial charge in [-0.05, 0) is 88.0 Å². The van der Waals surface area contributed by atoms with Gasteiger partial charge in [0.05, 0.1) is 16.7 Å². The number of hydrogen-bond donors (Lipinski definition) is 0. The highest BCUT2D eigenvalue weighted by Gasteiger charge is 2.42. The smallest absolute Gasteiger partial charge is 0.300 e. The zero-order valence-corrected chi connectivity index (χ0v) is 21.7. The second-order valence-corrected chi connectivity index (χ2v) is 10.8. The molecule has 4 rings (SSSR count). The van der Waals surface area contributed by atoms with E-state index in [1.807, 2.05) is 4.90 Å². The Morgan fingerprint density at radius 1 is 0.784 bits per heavy atom. The Bertz CT molecular complexity index is 1040. The van der Waals surface area contributed by atoms with Crippen molar-refractivity contribution in [2.24, 2.45) is 0 Å². The lowest BCUT2D eigenvalue weighted by Crippen LogP contribution is -2.53. The maximum Gasteiger partial charge on any atom is 0.416 e. The van der Waals surface area contributed by atoms with E-state index in [1.165, 1.54) is 6.42 Å². The minimum atomic E-state index is -4.94. The van der Waals surface area contributed by atoms with E-state index >= 15 is 0 Å². The predicted octanol–water partition coefficient (Wildman–Crippen LogP) is 8.25. The van der Waals surface area contributed by atoms with Crippen molar-refractivity contribution in [2.45, 2.75) is 62.5 Å². The van der Waals surface area contributed by atoms with Crippen LogP contribution in [0.25, 0.3) is 0 Å². The molecular formula is C27H29Cl2F6N2. The van der Waals surface area contributed by atoms with Crippen molar-refractivity contribution in [3.05, 3.63) is 75.6 Å². The van der Waals surface area contributed by atoms with Crippen molar-refractivity contribution < 1.29 is 26.3 Å². The van der Waals surface area contributed by atoms with Gasteiger partial charge in [-0.25, -0.2) is 0 Å². The van der Waals surface area contributed by atoms with Gasteiger partial charge in [-0.3, -0.25) is 4.90 Å². The highest BCUT2D eigenvalue weighted by Crippen LogP contribution is 2.44. The quantitative estimate of drug-likeness (QED) is 0.337. The number of benzene rings is 2. The van der Waals surface area contributed by atoms with Gasteiger partial charge in [0.15, 0.2) is 0 Å². The topological polar surface area (TPSA) is 6.48 Å². The lowest BCUT2D eigenvalue weighted by atomic mass is 9.81. The lowest BCUT2D eigenvalue weighted by Gasteiger charge is -2.48. The molecular weight excluding hydrogens is 537 g/mol. The summed E-state index contributed by atoms with van der Waals surface area (Å²) in [4.78, 5) is 4.49. The number of nitrogens with zero attached hydrogens (tertiary/aromatic N) is 2. The van der Waals surface area contributed by atoms with Gasteiger partial charge < -0.3 is 4.90 Å². The van der Waals surface area contributed by atoms with Crippen molar-refractivity contribution in [3.63, 3.8) is 0 Å². The highest BCUT2D eigenvalue weighted by molar-refractivity contribution is 6.36. The molecule has 0 aliphatic carbocycles. The zero-order valence-electron chi connectivity index (χ0n) is 20.2. The van der Waals surface area contributed by atoms with E-state index in [9.17, 15) is 26.3 Å². The van der Waals surface area contributed by atoms with Crippen LogP contribution in [0.2, 0.25) is 10.0 Å². The molecule has 2 aromatic rings. The van der Waals surface area contributed by atoms with Gasteiger partial charge in [0, 0.05) is 34.7 Å². The molecule has 37 heavy (non-hydrogen) atoms. The number of halogens is 8.